The number of pyridine rings is 1. The highest BCUT2D eigenvalue weighted by atomic mass is 16.3. The van der Waals surface area contributed by atoms with E-state index in [0.717, 1.165) is 50.9 Å². The summed E-state index contributed by atoms with van der Waals surface area (Å²) in [7, 11) is 0. The Labute approximate surface area is 109 Å². The Balaban J connectivity index is 1.69. The molecule has 1 aromatic rings. The van der Waals surface area contributed by atoms with Crippen molar-refractivity contribution in [3.05, 3.63) is 29.1 Å². The molecule has 0 spiro atoms. The summed E-state index contributed by atoms with van der Waals surface area (Å²) >= 11 is 0. The van der Waals surface area contributed by atoms with Gasteiger partial charge in [-0.3, -0.25) is 9.88 Å². The van der Waals surface area contributed by atoms with E-state index in [4.69, 9.17) is 0 Å². The molecule has 0 aromatic carbocycles. The highest BCUT2D eigenvalue weighted by molar-refractivity contribution is 5.25. The molecule has 2 heterocycles. The zero-order valence-electron chi connectivity index (χ0n) is 11.1. The highest BCUT2D eigenvalue weighted by Crippen LogP contribution is 2.27. The Morgan fingerprint density at radius 1 is 1.22 bits per heavy atom. The summed E-state index contributed by atoms with van der Waals surface area (Å²) in [4.78, 5) is 7.23. The van der Waals surface area contributed by atoms with E-state index < -0.39 is 0 Å². The molecule has 1 aliphatic carbocycles. The Morgan fingerprint density at radius 3 is 2.78 bits per heavy atom. The van der Waals surface area contributed by atoms with Crippen molar-refractivity contribution in [2.24, 2.45) is 0 Å². The van der Waals surface area contributed by atoms with E-state index in [0.29, 0.717) is 6.04 Å². The summed E-state index contributed by atoms with van der Waals surface area (Å²) in [5.41, 5.74) is 3.82. The molecule has 0 amide bonds. The number of aryl methyl sites for hydroxylation is 1. The molecule has 1 N–H and O–H groups in total. The van der Waals surface area contributed by atoms with Gasteiger partial charge in [-0.15, -0.1) is 0 Å². The Kier molecular flexibility index (Phi) is 3.35. The molecule has 0 atom stereocenters. The maximum atomic E-state index is 9.59. The van der Waals surface area contributed by atoms with Crippen LogP contribution in [0.2, 0.25) is 0 Å². The quantitative estimate of drug-likeness (QED) is 0.824. The van der Waals surface area contributed by atoms with Gasteiger partial charge in [-0.05, 0) is 44.2 Å². The van der Waals surface area contributed by atoms with Gasteiger partial charge in [0.15, 0.2) is 0 Å². The molecule has 98 valence electrons. The smallest absolute Gasteiger partial charge is 0.0541 e. The van der Waals surface area contributed by atoms with Crippen molar-refractivity contribution in [1.82, 2.24) is 9.88 Å². The fraction of sp³-hybridized carbons (Fsp3) is 0.667. The number of aliphatic hydroxyl groups is 1. The van der Waals surface area contributed by atoms with Gasteiger partial charge >= 0.3 is 0 Å². The number of aliphatic hydroxyl groups excluding tert-OH is 1. The van der Waals surface area contributed by atoms with Crippen LogP contribution in [-0.2, 0) is 13.0 Å². The minimum Gasteiger partial charge on any atom is -0.393 e. The van der Waals surface area contributed by atoms with E-state index in [1.807, 2.05) is 0 Å². The van der Waals surface area contributed by atoms with E-state index in [-0.39, 0.29) is 6.10 Å². The molecule has 1 aliphatic heterocycles. The summed E-state index contributed by atoms with van der Waals surface area (Å²) < 4.78 is 0. The molecular formula is C15H22N2O. The first-order valence-electron chi connectivity index (χ1n) is 7.10. The average Bonchev–Trinajstić information content (AvgIpc) is 2.39. The minimum atomic E-state index is -0.0531. The molecule has 0 saturated heterocycles. The average molecular weight is 246 g/mol. The van der Waals surface area contributed by atoms with Crippen LogP contribution in [0.15, 0.2) is 12.1 Å². The Morgan fingerprint density at radius 2 is 2.00 bits per heavy atom. The number of hydrogen-bond donors (Lipinski definition) is 1. The van der Waals surface area contributed by atoms with Crippen LogP contribution >= 0.6 is 0 Å². The van der Waals surface area contributed by atoms with Crippen molar-refractivity contribution in [2.75, 3.05) is 6.54 Å². The normalized spacial score (nSPS) is 29.0. The zero-order valence-corrected chi connectivity index (χ0v) is 11.1. The summed E-state index contributed by atoms with van der Waals surface area (Å²) in [6.07, 6.45) is 5.27. The van der Waals surface area contributed by atoms with E-state index in [2.05, 4.69) is 28.9 Å². The van der Waals surface area contributed by atoms with Gasteiger partial charge in [0.2, 0.25) is 0 Å². The van der Waals surface area contributed by atoms with E-state index in [1.54, 1.807) is 0 Å². The van der Waals surface area contributed by atoms with Crippen molar-refractivity contribution < 1.29 is 5.11 Å². The Bertz CT molecular complexity index is 425. The largest absolute Gasteiger partial charge is 0.393 e. The third kappa shape index (κ3) is 2.43. The second kappa shape index (κ2) is 4.98. The second-order valence-corrected chi connectivity index (χ2v) is 5.74. The van der Waals surface area contributed by atoms with Crippen molar-refractivity contribution in [3.63, 3.8) is 0 Å². The van der Waals surface area contributed by atoms with Gasteiger partial charge in [0.05, 0.1) is 6.10 Å². The van der Waals surface area contributed by atoms with Gasteiger partial charge in [-0.2, -0.15) is 0 Å². The predicted octanol–water partition coefficient (Wildman–Crippen LogP) is 2.05. The number of hydrogen-bond acceptors (Lipinski definition) is 3. The molecule has 18 heavy (non-hydrogen) atoms. The summed E-state index contributed by atoms with van der Waals surface area (Å²) in [5.74, 6) is 0. The molecule has 3 heteroatoms. The molecule has 3 rings (SSSR count). The predicted molar refractivity (Wildman–Crippen MR) is 71.4 cm³/mol. The number of nitrogens with zero attached hydrogens (tertiary/aromatic N) is 2. The van der Waals surface area contributed by atoms with E-state index >= 15 is 0 Å². The molecule has 1 saturated carbocycles. The number of fused-ring (bicyclic) bond motifs is 1. The van der Waals surface area contributed by atoms with Crippen LogP contribution in [0.25, 0.3) is 0 Å². The molecule has 1 fully saturated rings. The first-order valence-corrected chi connectivity index (χ1v) is 7.10. The number of aromatic nitrogens is 1. The van der Waals surface area contributed by atoms with Crippen molar-refractivity contribution in [3.8, 4) is 0 Å². The number of rotatable bonds is 1. The fourth-order valence-electron chi connectivity index (χ4n) is 3.28. The fourth-order valence-corrected chi connectivity index (χ4v) is 3.28. The second-order valence-electron chi connectivity index (χ2n) is 5.74. The maximum absolute atomic E-state index is 9.59. The van der Waals surface area contributed by atoms with Crippen LogP contribution in [-0.4, -0.2) is 33.7 Å². The summed E-state index contributed by atoms with van der Waals surface area (Å²) in [6, 6.07) is 5.02. The highest BCUT2D eigenvalue weighted by Gasteiger charge is 2.27. The molecular weight excluding hydrogens is 224 g/mol. The van der Waals surface area contributed by atoms with Gasteiger partial charge in [0.1, 0.15) is 0 Å². The summed E-state index contributed by atoms with van der Waals surface area (Å²) in [5, 5.41) is 9.59. The van der Waals surface area contributed by atoms with Gasteiger partial charge in [0, 0.05) is 36.9 Å². The molecule has 2 aliphatic rings. The van der Waals surface area contributed by atoms with E-state index in [9.17, 15) is 5.11 Å². The van der Waals surface area contributed by atoms with Gasteiger partial charge in [-0.1, -0.05) is 6.07 Å². The first-order chi connectivity index (χ1) is 8.72. The lowest BCUT2D eigenvalue weighted by Crippen LogP contribution is -2.42. The van der Waals surface area contributed by atoms with Gasteiger partial charge in [0.25, 0.3) is 0 Å². The third-order valence-corrected chi connectivity index (χ3v) is 4.40. The lowest BCUT2D eigenvalue weighted by Gasteiger charge is -2.38. The van der Waals surface area contributed by atoms with E-state index in [1.165, 1.54) is 11.3 Å². The standard InChI is InChI=1S/C15H22N2O/c1-11-2-3-12-10-17(9-8-15(12)16-11)13-4-6-14(18)7-5-13/h2-3,13-14,18H,4-10H2,1H3/t13-,14-. The molecule has 0 unspecified atom stereocenters. The molecule has 1 aromatic heterocycles. The van der Waals surface area contributed by atoms with Crippen molar-refractivity contribution >= 4 is 0 Å². The van der Waals surface area contributed by atoms with Crippen molar-refractivity contribution in [2.45, 2.75) is 57.7 Å². The van der Waals surface area contributed by atoms with Crippen LogP contribution < -0.4 is 0 Å². The van der Waals surface area contributed by atoms with Crippen LogP contribution in [0.1, 0.15) is 42.6 Å². The van der Waals surface area contributed by atoms with Gasteiger partial charge in [-0.25, -0.2) is 0 Å². The van der Waals surface area contributed by atoms with Crippen LogP contribution in [0.5, 0.6) is 0 Å². The summed E-state index contributed by atoms with van der Waals surface area (Å²) in [6.45, 7) is 4.24. The zero-order chi connectivity index (χ0) is 12.5. The third-order valence-electron chi connectivity index (χ3n) is 4.40. The van der Waals surface area contributed by atoms with Crippen LogP contribution in [0, 0.1) is 6.92 Å². The Hall–Kier alpha value is -0.930. The molecule has 0 bridgehead atoms. The van der Waals surface area contributed by atoms with Gasteiger partial charge < -0.3 is 5.11 Å². The SMILES string of the molecule is Cc1ccc2c(n1)CCN([C@H]1CC[C@H](O)CC1)C2. The monoisotopic (exact) mass is 246 g/mol. The van der Waals surface area contributed by atoms with Crippen molar-refractivity contribution in [1.29, 1.82) is 0 Å². The lowest BCUT2D eigenvalue weighted by molar-refractivity contribution is 0.0674. The lowest BCUT2D eigenvalue weighted by atomic mass is 9.90. The topological polar surface area (TPSA) is 36.4 Å². The van der Waals surface area contributed by atoms with Crippen LogP contribution in [0.4, 0.5) is 0 Å². The van der Waals surface area contributed by atoms with Crippen LogP contribution in [0.3, 0.4) is 0 Å². The molecule has 3 nitrogen and oxygen atoms in total. The minimum absolute atomic E-state index is 0.0531. The maximum Gasteiger partial charge on any atom is 0.0541 e. The first kappa shape index (κ1) is 12.1. The molecule has 0 radical (unpaired) electrons.